The number of pyridine rings is 2. The van der Waals surface area contributed by atoms with Crippen molar-refractivity contribution in [3.8, 4) is 17.9 Å². The molecule has 3 aromatic rings. The molecule has 0 radical (unpaired) electrons. The maximum Gasteiger partial charge on any atom is 0.126 e. The molecular weight excluding hydrogens is 388 g/mol. The zero-order valence-corrected chi connectivity index (χ0v) is 17.5. The summed E-state index contributed by atoms with van der Waals surface area (Å²) in [5.74, 6) is 6.73. The lowest BCUT2D eigenvalue weighted by molar-refractivity contribution is 0.0398. The predicted octanol–water partition coefficient (Wildman–Crippen LogP) is 3.36. The Kier molecular flexibility index (Phi) is 6.59. The van der Waals surface area contributed by atoms with E-state index in [2.05, 4.69) is 43.4 Å². The lowest BCUT2D eigenvalue weighted by atomic mass is 10.1. The van der Waals surface area contributed by atoms with Crippen molar-refractivity contribution < 1.29 is 4.74 Å². The molecule has 0 spiro atoms. The molecule has 2 N–H and O–H groups in total. The Balaban J connectivity index is 1.58. The minimum absolute atomic E-state index is 0.477. The third-order valence-electron chi connectivity index (χ3n) is 5.11. The van der Waals surface area contributed by atoms with E-state index in [9.17, 15) is 5.26 Å². The number of hydrogen-bond acceptors (Lipinski definition) is 7. The Labute approximate surface area is 182 Å². The van der Waals surface area contributed by atoms with Crippen LogP contribution in [0.2, 0.25) is 0 Å². The van der Waals surface area contributed by atoms with Crippen molar-refractivity contribution in [1.29, 1.82) is 5.26 Å². The summed E-state index contributed by atoms with van der Waals surface area (Å²) < 4.78 is 5.40. The number of nitriles is 1. The van der Waals surface area contributed by atoms with Gasteiger partial charge in [0, 0.05) is 49.0 Å². The summed E-state index contributed by atoms with van der Waals surface area (Å²) >= 11 is 0. The van der Waals surface area contributed by atoms with E-state index in [0.29, 0.717) is 11.3 Å². The van der Waals surface area contributed by atoms with E-state index in [1.165, 1.54) is 0 Å². The Bertz CT molecular complexity index is 1170. The monoisotopic (exact) mass is 412 g/mol. The van der Waals surface area contributed by atoms with Crippen LogP contribution >= 0.6 is 0 Å². The fraction of sp³-hybridized carbons (Fsp3) is 0.292. The average Bonchev–Trinajstić information content (AvgIpc) is 2.80. The van der Waals surface area contributed by atoms with Gasteiger partial charge in [-0.05, 0) is 31.2 Å². The molecule has 1 aliphatic rings. The molecule has 0 bridgehead atoms. The summed E-state index contributed by atoms with van der Waals surface area (Å²) in [4.78, 5) is 11.3. The first-order valence-electron chi connectivity index (χ1n) is 10.3. The Hall–Kier alpha value is -3.65. The third kappa shape index (κ3) is 5.10. The molecule has 1 fully saturated rings. The van der Waals surface area contributed by atoms with Crippen molar-refractivity contribution in [2.45, 2.75) is 6.92 Å². The van der Waals surface area contributed by atoms with Crippen molar-refractivity contribution in [3.05, 3.63) is 53.9 Å². The fourth-order valence-corrected chi connectivity index (χ4v) is 3.54. The number of rotatable bonds is 6. The topological polar surface area (TPSA) is 86.1 Å². The molecule has 1 aromatic carbocycles. The normalized spacial score (nSPS) is 13.8. The zero-order chi connectivity index (χ0) is 21.5. The highest BCUT2D eigenvalue weighted by Gasteiger charge is 2.12. The molecule has 3 heterocycles. The van der Waals surface area contributed by atoms with Crippen LogP contribution in [0.25, 0.3) is 10.9 Å². The molecule has 1 saturated heterocycles. The standard InChI is InChI=1S/C24H24N6O/c1-2-4-18-5-3-6-20(13-18)29-24-19(15-25)16-27-22-17-28-23(14-21(22)24)26-7-8-30-9-11-31-12-10-30/h3,5-6,13-14,16-17H,7-12H2,1H3,(H,26,28)(H,27,29). The lowest BCUT2D eigenvalue weighted by Gasteiger charge is -2.26. The van der Waals surface area contributed by atoms with Crippen LogP contribution in [0.1, 0.15) is 18.1 Å². The van der Waals surface area contributed by atoms with E-state index < -0.39 is 0 Å². The molecule has 0 aliphatic carbocycles. The molecule has 7 nitrogen and oxygen atoms in total. The maximum absolute atomic E-state index is 9.65. The highest BCUT2D eigenvalue weighted by molar-refractivity contribution is 5.96. The number of benzene rings is 1. The van der Waals surface area contributed by atoms with E-state index in [0.717, 1.165) is 67.4 Å². The smallest absolute Gasteiger partial charge is 0.126 e. The van der Waals surface area contributed by atoms with Crippen molar-refractivity contribution in [3.63, 3.8) is 0 Å². The first-order valence-corrected chi connectivity index (χ1v) is 10.3. The predicted molar refractivity (Wildman–Crippen MR) is 122 cm³/mol. The van der Waals surface area contributed by atoms with Crippen molar-refractivity contribution in [1.82, 2.24) is 14.9 Å². The first-order chi connectivity index (χ1) is 15.3. The number of ether oxygens (including phenoxy) is 1. The highest BCUT2D eigenvalue weighted by atomic mass is 16.5. The van der Waals surface area contributed by atoms with Crippen LogP contribution < -0.4 is 10.6 Å². The van der Waals surface area contributed by atoms with E-state index in [1.54, 1.807) is 12.4 Å². The molecule has 156 valence electrons. The molecule has 1 aliphatic heterocycles. The number of aromatic nitrogens is 2. The van der Waals surface area contributed by atoms with E-state index in [-0.39, 0.29) is 0 Å². The second-order valence-corrected chi connectivity index (χ2v) is 7.21. The van der Waals surface area contributed by atoms with Gasteiger partial charge in [-0.2, -0.15) is 5.26 Å². The van der Waals surface area contributed by atoms with Gasteiger partial charge in [-0.1, -0.05) is 12.0 Å². The van der Waals surface area contributed by atoms with Crippen LogP contribution in [0.15, 0.2) is 42.7 Å². The van der Waals surface area contributed by atoms with Gasteiger partial charge >= 0.3 is 0 Å². The van der Waals surface area contributed by atoms with Gasteiger partial charge in [0.2, 0.25) is 0 Å². The molecule has 4 rings (SSSR count). The van der Waals surface area contributed by atoms with Crippen LogP contribution in [0.3, 0.4) is 0 Å². The zero-order valence-electron chi connectivity index (χ0n) is 17.5. The van der Waals surface area contributed by atoms with Crippen molar-refractivity contribution >= 4 is 28.1 Å². The summed E-state index contributed by atoms with van der Waals surface area (Å²) in [6, 6.07) is 12.0. The molecule has 0 unspecified atom stereocenters. The van der Waals surface area contributed by atoms with Crippen LogP contribution in [0.4, 0.5) is 17.2 Å². The van der Waals surface area contributed by atoms with Crippen molar-refractivity contribution in [2.75, 3.05) is 50.0 Å². The number of hydrogen-bond donors (Lipinski definition) is 2. The molecule has 7 heteroatoms. The second-order valence-electron chi connectivity index (χ2n) is 7.21. The Morgan fingerprint density at radius 2 is 2.03 bits per heavy atom. The molecule has 0 atom stereocenters. The van der Waals surface area contributed by atoms with Gasteiger partial charge < -0.3 is 15.4 Å². The summed E-state index contributed by atoms with van der Waals surface area (Å²) in [7, 11) is 0. The molecule has 31 heavy (non-hydrogen) atoms. The van der Waals surface area contributed by atoms with E-state index >= 15 is 0 Å². The first kappa shape index (κ1) is 20.6. The van der Waals surface area contributed by atoms with Crippen LogP contribution in [-0.2, 0) is 4.74 Å². The number of morpholine rings is 1. The van der Waals surface area contributed by atoms with Gasteiger partial charge in [-0.25, -0.2) is 4.98 Å². The largest absolute Gasteiger partial charge is 0.379 e. The van der Waals surface area contributed by atoms with Gasteiger partial charge in [0.15, 0.2) is 0 Å². The van der Waals surface area contributed by atoms with Gasteiger partial charge in [0.05, 0.1) is 36.2 Å². The highest BCUT2D eigenvalue weighted by Crippen LogP contribution is 2.30. The number of nitrogens with one attached hydrogen (secondary N) is 2. The van der Waals surface area contributed by atoms with Crippen LogP contribution in [-0.4, -0.2) is 54.3 Å². The van der Waals surface area contributed by atoms with Gasteiger partial charge in [-0.15, -0.1) is 5.92 Å². The maximum atomic E-state index is 9.65. The fourth-order valence-electron chi connectivity index (χ4n) is 3.54. The molecule has 0 amide bonds. The third-order valence-corrected chi connectivity index (χ3v) is 5.11. The van der Waals surface area contributed by atoms with Crippen LogP contribution in [0, 0.1) is 23.2 Å². The Morgan fingerprint density at radius 1 is 1.16 bits per heavy atom. The minimum Gasteiger partial charge on any atom is -0.379 e. The summed E-state index contributed by atoms with van der Waals surface area (Å²) in [6.07, 6.45) is 3.31. The number of anilines is 3. The van der Waals surface area contributed by atoms with E-state index in [4.69, 9.17) is 4.74 Å². The molecule has 0 saturated carbocycles. The second kappa shape index (κ2) is 9.90. The van der Waals surface area contributed by atoms with Crippen LogP contribution in [0.5, 0.6) is 0 Å². The van der Waals surface area contributed by atoms with Gasteiger partial charge in [-0.3, -0.25) is 9.88 Å². The van der Waals surface area contributed by atoms with Gasteiger partial charge in [0.1, 0.15) is 11.9 Å². The lowest BCUT2D eigenvalue weighted by Crippen LogP contribution is -2.39. The SMILES string of the molecule is CC#Cc1cccc(Nc2c(C#N)cnc3cnc(NCCN4CCOCC4)cc23)c1. The summed E-state index contributed by atoms with van der Waals surface area (Å²) in [5, 5.41) is 17.3. The number of fused-ring (bicyclic) bond motifs is 1. The number of nitrogens with zero attached hydrogens (tertiary/aromatic N) is 4. The summed E-state index contributed by atoms with van der Waals surface area (Å²) in [5.41, 5.74) is 3.70. The van der Waals surface area contributed by atoms with Gasteiger partial charge in [0.25, 0.3) is 0 Å². The average molecular weight is 412 g/mol. The summed E-state index contributed by atoms with van der Waals surface area (Å²) in [6.45, 7) is 7.01. The minimum atomic E-state index is 0.477. The quantitative estimate of drug-likeness (QED) is 0.601. The van der Waals surface area contributed by atoms with E-state index in [1.807, 2.05) is 37.3 Å². The molecular formula is C24H24N6O. The Morgan fingerprint density at radius 3 is 2.84 bits per heavy atom. The van der Waals surface area contributed by atoms with Crippen molar-refractivity contribution in [2.24, 2.45) is 0 Å². The molecule has 2 aromatic heterocycles.